The highest BCUT2D eigenvalue weighted by Gasteiger charge is 2.13. The topological polar surface area (TPSA) is 70.4 Å². The first-order valence-corrected chi connectivity index (χ1v) is 8.46. The molecule has 0 radical (unpaired) electrons. The second kappa shape index (κ2) is 6.03. The summed E-state index contributed by atoms with van der Waals surface area (Å²) in [5.41, 5.74) is 1.10. The van der Waals surface area contributed by atoms with Gasteiger partial charge in [-0.25, -0.2) is 4.98 Å². The van der Waals surface area contributed by atoms with Crippen LogP contribution < -0.4 is 0 Å². The lowest BCUT2D eigenvalue weighted by Crippen LogP contribution is -1.93. The van der Waals surface area contributed by atoms with Crippen molar-refractivity contribution in [2.24, 2.45) is 0 Å². The highest BCUT2D eigenvalue weighted by atomic mass is 32.1. The number of pyridine rings is 1. The Bertz CT molecular complexity index is 1090. The number of phenolic OH excluding ortho intramolecular Hbond substituents is 1. The van der Waals surface area contributed by atoms with E-state index >= 15 is 0 Å². The average molecular weight is 347 g/mol. The number of aromatic hydroxyl groups is 1. The molecule has 25 heavy (non-hydrogen) atoms. The quantitative estimate of drug-likeness (QED) is 0.313. The Kier molecular flexibility index (Phi) is 3.71. The van der Waals surface area contributed by atoms with Crippen molar-refractivity contribution in [2.75, 3.05) is 0 Å². The molecule has 2 aromatic heterocycles. The molecule has 4 rings (SSSR count). The van der Waals surface area contributed by atoms with Gasteiger partial charge in [0.15, 0.2) is 5.78 Å². The molecule has 0 unspecified atom stereocenters. The number of allylic oxidation sites excluding steroid dienone is 1. The van der Waals surface area contributed by atoms with Crippen molar-refractivity contribution in [1.82, 2.24) is 4.98 Å². The van der Waals surface area contributed by atoms with Crippen LogP contribution in [0.2, 0.25) is 0 Å². The van der Waals surface area contributed by atoms with Crippen molar-refractivity contribution in [3.05, 3.63) is 77.2 Å². The van der Waals surface area contributed by atoms with E-state index < -0.39 is 0 Å². The lowest BCUT2D eigenvalue weighted by molar-refractivity contribution is 0.105. The summed E-state index contributed by atoms with van der Waals surface area (Å²) in [6.45, 7) is 0. The van der Waals surface area contributed by atoms with Gasteiger partial charge in [0.1, 0.15) is 16.3 Å². The van der Waals surface area contributed by atoms with Crippen LogP contribution in [0.5, 0.6) is 5.75 Å². The number of aliphatic hydroxyl groups excluding tert-OH is 1. The summed E-state index contributed by atoms with van der Waals surface area (Å²) in [4.78, 5) is 18.3. The fourth-order valence-corrected chi connectivity index (χ4v) is 3.59. The predicted octanol–water partition coefficient (Wildman–Crippen LogP) is 4.94. The molecule has 0 amide bonds. The molecule has 0 spiro atoms. The summed E-state index contributed by atoms with van der Waals surface area (Å²) in [5, 5.41) is 21.8. The number of aliphatic hydroxyl groups is 1. The number of carbonyl (C=O) groups excluding carboxylic acids is 1. The third-order valence-electron chi connectivity index (χ3n) is 3.90. The van der Waals surface area contributed by atoms with Gasteiger partial charge in [-0.1, -0.05) is 30.3 Å². The number of nitrogens with zero attached hydrogens (tertiary/aromatic N) is 1. The molecule has 0 aliphatic rings. The standard InChI is InChI=1S/C20H13NO3S/c22-16-8-4-2-6-14(16)17(23)11-18(24)19-10-13-9-12-5-1-3-7-15(12)21-20(13)25-19/h1-11,22-23H/b17-11-. The van der Waals surface area contributed by atoms with Crippen LogP contribution in [0.4, 0.5) is 0 Å². The van der Waals surface area contributed by atoms with Gasteiger partial charge in [0.25, 0.3) is 0 Å². The van der Waals surface area contributed by atoms with Gasteiger partial charge in [0, 0.05) is 16.8 Å². The Hall–Kier alpha value is -3.18. The van der Waals surface area contributed by atoms with Crippen molar-refractivity contribution in [2.45, 2.75) is 0 Å². The molecule has 0 saturated heterocycles. The molecule has 4 nitrogen and oxygen atoms in total. The van der Waals surface area contributed by atoms with Crippen LogP contribution in [0.1, 0.15) is 15.2 Å². The Labute approximate surface area is 147 Å². The predicted molar refractivity (Wildman–Crippen MR) is 100 cm³/mol. The Balaban J connectivity index is 1.73. The number of carbonyl (C=O) groups is 1. The molecule has 0 bridgehead atoms. The highest BCUT2D eigenvalue weighted by molar-refractivity contribution is 7.20. The summed E-state index contributed by atoms with van der Waals surface area (Å²) in [6.07, 6.45) is 1.12. The van der Waals surface area contributed by atoms with Crippen LogP contribution in [-0.4, -0.2) is 21.0 Å². The van der Waals surface area contributed by atoms with Crippen molar-refractivity contribution >= 4 is 44.0 Å². The van der Waals surface area contributed by atoms with Crippen LogP contribution in [0.25, 0.3) is 26.9 Å². The largest absolute Gasteiger partial charge is 0.507 e. The van der Waals surface area contributed by atoms with Crippen molar-refractivity contribution in [3.8, 4) is 5.75 Å². The lowest BCUT2D eigenvalue weighted by atomic mass is 10.1. The van der Waals surface area contributed by atoms with Gasteiger partial charge in [-0.15, -0.1) is 11.3 Å². The summed E-state index contributed by atoms with van der Waals surface area (Å²) in [5.74, 6) is -0.667. The number of aromatic nitrogens is 1. The van der Waals surface area contributed by atoms with E-state index in [1.165, 1.54) is 17.4 Å². The number of rotatable bonds is 3. The first kappa shape index (κ1) is 15.4. The lowest BCUT2D eigenvalue weighted by Gasteiger charge is -2.02. The molecule has 2 aromatic carbocycles. The Morgan fingerprint density at radius 3 is 2.60 bits per heavy atom. The summed E-state index contributed by atoms with van der Waals surface area (Å²) >= 11 is 1.28. The molecule has 0 aliphatic carbocycles. The second-order valence-electron chi connectivity index (χ2n) is 5.60. The van der Waals surface area contributed by atoms with Gasteiger partial charge in [0.05, 0.1) is 16.0 Å². The van der Waals surface area contributed by atoms with Crippen LogP contribution in [0.3, 0.4) is 0 Å². The number of hydrogen-bond donors (Lipinski definition) is 2. The van der Waals surface area contributed by atoms with Gasteiger partial charge in [-0.2, -0.15) is 0 Å². The van der Waals surface area contributed by atoms with E-state index in [9.17, 15) is 15.0 Å². The zero-order valence-corrected chi connectivity index (χ0v) is 13.8. The van der Waals surface area contributed by atoms with Crippen LogP contribution >= 0.6 is 11.3 Å². The zero-order valence-electron chi connectivity index (χ0n) is 13.0. The molecule has 2 N–H and O–H groups in total. The van der Waals surface area contributed by atoms with Crippen LogP contribution in [0, 0.1) is 0 Å². The molecule has 0 saturated carbocycles. The van der Waals surface area contributed by atoms with E-state index in [2.05, 4.69) is 4.98 Å². The van der Waals surface area contributed by atoms with Crippen molar-refractivity contribution in [1.29, 1.82) is 0 Å². The molecule has 0 aliphatic heterocycles. The molecule has 0 atom stereocenters. The SMILES string of the molecule is O=C(/C=C(\O)c1ccccc1O)c1cc2cc3ccccc3nc2s1. The van der Waals surface area contributed by atoms with E-state index in [0.29, 0.717) is 4.88 Å². The number of fused-ring (bicyclic) bond motifs is 2. The highest BCUT2D eigenvalue weighted by Crippen LogP contribution is 2.29. The first-order valence-electron chi connectivity index (χ1n) is 7.64. The minimum absolute atomic E-state index is 0.0756. The van der Waals surface area contributed by atoms with Crippen molar-refractivity contribution in [3.63, 3.8) is 0 Å². The number of phenols is 1. The first-order chi connectivity index (χ1) is 12.1. The summed E-state index contributed by atoms with van der Waals surface area (Å²) < 4.78 is 0. The van der Waals surface area contributed by atoms with Gasteiger partial charge in [-0.05, 0) is 30.3 Å². The molecule has 2 heterocycles. The van der Waals surface area contributed by atoms with Gasteiger partial charge >= 0.3 is 0 Å². The third-order valence-corrected chi connectivity index (χ3v) is 4.96. The number of thiophene rings is 1. The van der Waals surface area contributed by atoms with E-state index in [1.54, 1.807) is 24.3 Å². The molecule has 122 valence electrons. The molecule has 4 aromatic rings. The number of ketones is 1. The molecule has 5 heteroatoms. The molecular weight excluding hydrogens is 334 g/mol. The zero-order chi connectivity index (χ0) is 17.4. The number of benzene rings is 2. The summed E-state index contributed by atoms with van der Waals surface area (Å²) in [7, 11) is 0. The smallest absolute Gasteiger partial charge is 0.199 e. The van der Waals surface area contributed by atoms with E-state index in [4.69, 9.17) is 0 Å². The maximum atomic E-state index is 12.5. The molecule has 0 fully saturated rings. The average Bonchev–Trinajstić information content (AvgIpc) is 3.03. The van der Waals surface area contributed by atoms with Gasteiger partial charge in [-0.3, -0.25) is 4.79 Å². The second-order valence-corrected chi connectivity index (χ2v) is 6.63. The molecular formula is C20H13NO3S. The van der Waals surface area contributed by atoms with Gasteiger partial charge in [0.2, 0.25) is 0 Å². The normalized spacial score (nSPS) is 11.9. The van der Waals surface area contributed by atoms with Crippen LogP contribution in [0.15, 0.2) is 66.7 Å². The Morgan fingerprint density at radius 1 is 1.00 bits per heavy atom. The van der Waals surface area contributed by atoms with E-state index in [-0.39, 0.29) is 22.9 Å². The van der Waals surface area contributed by atoms with Crippen molar-refractivity contribution < 1.29 is 15.0 Å². The van der Waals surface area contributed by atoms with Gasteiger partial charge < -0.3 is 10.2 Å². The number of hydrogen-bond acceptors (Lipinski definition) is 5. The monoisotopic (exact) mass is 347 g/mol. The fraction of sp³-hybridized carbons (Fsp3) is 0. The van der Waals surface area contributed by atoms with E-state index in [1.807, 2.05) is 30.3 Å². The maximum Gasteiger partial charge on any atom is 0.199 e. The minimum atomic E-state index is -0.326. The van der Waals surface area contributed by atoms with Crippen LogP contribution in [-0.2, 0) is 0 Å². The maximum absolute atomic E-state index is 12.5. The van der Waals surface area contributed by atoms with E-state index in [0.717, 1.165) is 27.2 Å². The Morgan fingerprint density at radius 2 is 1.76 bits per heavy atom. The number of para-hydroxylation sites is 2. The summed E-state index contributed by atoms with van der Waals surface area (Å²) in [6, 6.07) is 17.9. The third kappa shape index (κ3) is 2.86. The fourth-order valence-electron chi connectivity index (χ4n) is 2.66. The minimum Gasteiger partial charge on any atom is -0.507 e.